The third-order valence-corrected chi connectivity index (χ3v) is 1.49. The maximum atomic E-state index is 12.7. The van der Waals surface area contributed by atoms with Gasteiger partial charge in [0.05, 0.1) is 0 Å². The summed E-state index contributed by atoms with van der Waals surface area (Å²) in [6, 6.07) is 0.489. The number of rotatable bonds is 1. The van der Waals surface area contributed by atoms with Crippen molar-refractivity contribution in [1.82, 2.24) is 0 Å². The molecule has 0 atom stereocenters. The van der Waals surface area contributed by atoms with Gasteiger partial charge in [-0.05, 0) is 6.07 Å². The molecule has 0 radical (unpaired) electrons. The highest BCUT2D eigenvalue weighted by Crippen LogP contribution is 2.35. The molecule has 0 heterocycles. The average molecular weight is 187 g/mol. The fraction of sp³-hybridized carbons (Fsp3) is 0. The lowest BCUT2D eigenvalue weighted by molar-refractivity contribution is 0.0693. The fourth-order valence-electron chi connectivity index (χ4n) is 0.812. The summed E-state index contributed by atoms with van der Waals surface area (Å²) in [5, 5.41) is 26.3. The molecule has 0 fully saturated rings. The van der Waals surface area contributed by atoms with Crippen LogP contribution in [-0.4, -0.2) is 21.3 Å². The second-order valence-electron chi connectivity index (χ2n) is 2.32. The molecule has 0 spiro atoms. The van der Waals surface area contributed by atoms with Crippen molar-refractivity contribution in [2.75, 3.05) is 5.73 Å². The first-order valence-corrected chi connectivity index (χ1v) is 3.18. The van der Waals surface area contributed by atoms with Crippen molar-refractivity contribution < 1.29 is 24.5 Å². The van der Waals surface area contributed by atoms with E-state index >= 15 is 0 Å². The van der Waals surface area contributed by atoms with Crippen LogP contribution in [0.5, 0.6) is 11.5 Å². The molecule has 1 aromatic carbocycles. The number of hydrogen-bond donors (Lipinski definition) is 4. The molecule has 1 aromatic rings. The van der Waals surface area contributed by atoms with E-state index in [0.717, 1.165) is 0 Å². The van der Waals surface area contributed by atoms with Gasteiger partial charge in [0, 0.05) is 0 Å². The molecule has 0 aromatic heterocycles. The number of carboxylic acids is 1. The molecule has 5 N–H and O–H groups in total. The average Bonchev–Trinajstić information content (AvgIpc) is 2.07. The summed E-state index contributed by atoms with van der Waals surface area (Å²) in [4.78, 5) is 10.4. The minimum Gasteiger partial charge on any atom is -0.505 e. The Balaban J connectivity index is 3.50. The molecule has 13 heavy (non-hydrogen) atoms. The highest BCUT2D eigenvalue weighted by Gasteiger charge is 2.18. The zero-order chi connectivity index (χ0) is 10.2. The van der Waals surface area contributed by atoms with Gasteiger partial charge in [-0.2, -0.15) is 0 Å². The van der Waals surface area contributed by atoms with Crippen molar-refractivity contribution in [2.45, 2.75) is 0 Å². The second-order valence-corrected chi connectivity index (χ2v) is 2.32. The molecule has 5 nitrogen and oxygen atoms in total. The number of carbonyl (C=O) groups is 1. The normalized spacial score (nSPS) is 9.92. The van der Waals surface area contributed by atoms with Crippen LogP contribution >= 0.6 is 0 Å². The van der Waals surface area contributed by atoms with Crippen LogP contribution < -0.4 is 5.73 Å². The van der Waals surface area contributed by atoms with Crippen molar-refractivity contribution >= 4 is 11.7 Å². The molecule has 0 aliphatic carbocycles. The second kappa shape index (κ2) is 2.81. The zero-order valence-electron chi connectivity index (χ0n) is 6.28. The number of phenols is 2. The van der Waals surface area contributed by atoms with Gasteiger partial charge in [0.25, 0.3) is 0 Å². The molecule has 70 valence electrons. The van der Waals surface area contributed by atoms with E-state index in [-0.39, 0.29) is 0 Å². The van der Waals surface area contributed by atoms with Gasteiger partial charge in [-0.1, -0.05) is 0 Å². The van der Waals surface area contributed by atoms with Crippen LogP contribution in [0.4, 0.5) is 10.1 Å². The number of aromatic carboxylic acids is 1. The van der Waals surface area contributed by atoms with Crippen LogP contribution in [0, 0.1) is 5.82 Å². The number of benzene rings is 1. The van der Waals surface area contributed by atoms with Crippen LogP contribution in [0.3, 0.4) is 0 Å². The quantitative estimate of drug-likeness (QED) is 0.379. The Morgan fingerprint density at radius 3 is 2.38 bits per heavy atom. The largest absolute Gasteiger partial charge is 0.505 e. The number of anilines is 1. The predicted molar refractivity (Wildman–Crippen MR) is 41.1 cm³/mol. The molecule has 6 heteroatoms. The van der Waals surface area contributed by atoms with Gasteiger partial charge in [-0.25, -0.2) is 9.18 Å². The number of halogens is 1. The molecule has 0 unspecified atom stereocenters. The summed E-state index contributed by atoms with van der Waals surface area (Å²) in [7, 11) is 0. The van der Waals surface area contributed by atoms with E-state index in [1.807, 2.05) is 0 Å². The van der Waals surface area contributed by atoms with E-state index in [1.165, 1.54) is 0 Å². The Morgan fingerprint density at radius 2 is 1.92 bits per heavy atom. The van der Waals surface area contributed by atoms with Crippen LogP contribution in [0.15, 0.2) is 6.07 Å². The van der Waals surface area contributed by atoms with E-state index in [1.54, 1.807) is 0 Å². The summed E-state index contributed by atoms with van der Waals surface area (Å²) in [5.74, 6) is -4.51. The van der Waals surface area contributed by atoms with Crippen molar-refractivity contribution in [3.05, 3.63) is 17.4 Å². The predicted octanol–water partition coefficient (Wildman–Crippen LogP) is 0.517. The molecular weight excluding hydrogens is 181 g/mol. The minimum absolute atomic E-state index is 0.489. The van der Waals surface area contributed by atoms with Crippen molar-refractivity contribution in [1.29, 1.82) is 0 Å². The smallest absolute Gasteiger partial charge is 0.339 e. The van der Waals surface area contributed by atoms with Crippen LogP contribution in [-0.2, 0) is 0 Å². The van der Waals surface area contributed by atoms with Crippen molar-refractivity contribution in [2.24, 2.45) is 0 Å². The number of nitrogen functional groups attached to an aromatic ring is 1. The monoisotopic (exact) mass is 187 g/mol. The van der Waals surface area contributed by atoms with Crippen molar-refractivity contribution in [3.63, 3.8) is 0 Å². The summed E-state index contributed by atoms with van der Waals surface area (Å²) in [5.41, 5.74) is 3.65. The zero-order valence-corrected chi connectivity index (χ0v) is 6.28. The highest BCUT2D eigenvalue weighted by molar-refractivity contribution is 5.94. The van der Waals surface area contributed by atoms with Gasteiger partial charge >= 0.3 is 5.97 Å². The Labute approximate surface area is 71.8 Å². The topological polar surface area (TPSA) is 104 Å². The van der Waals surface area contributed by atoms with E-state index < -0.39 is 34.5 Å². The molecule has 0 bridgehead atoms. The summed E-state index contributed by atoms with van der Waals surface area (Å²) >= 11 is 0. The van der Waals surface area contributed by atoms with Crippen molar-refractivity contribution in [3.8, 4) is 11.5 Å². The minimum atomic E-state index is -1.52. The van der Waals surface area contributed by atoms with E-state index in [4.69, 9.17) is 21.1 Å². The maximum Gasteiger partial charge on any atom is 0.339 e. The lowest BCUT2D eigenvalue weighted by Crippen LogP contribution is -2.01. The molecule has 0 aliphatic rings. The first-order chi connectivity index (χ1) is 5.95. The number of aromatic hydroxyl groups is 2. The van der Waals surface area contributed by atoms with E-state index in [9.17, 15) is 9.18 Å². The fourth-order valence-corrected chi connectivity index (χ4v) is 0.812. The number of phenolic OH excluding ortho intramolecular Hbond substituents is 1. The maximum absolute atomic E-state index is 12.7. The Kier molecular flexibility index (Phi) is 1.97. The van der Waals surface area contributed by atoms with Gasteiger partial charge in [0.1, 0.15) is 11.3 Å². The molecule has 0 amide bonds. The van der Waals surface area contributed by atoms with E-state index in [2.05, 4.69) is 0 Å². The standard InChI is InChI=1S/C7H6FNO4/c8-3-1-2(7(12)13)5(10)4(9)6(3)11/h1,10-11H,9H2,(H,12,13). The van der Waals surface area contributed by atoms with Gasteiger partial charge in [-0.3, -0.25) is 0 Å². The lowest BCUT2D eigenvalue weighted by Gasteiger charge is -2.05. The van der Waals surface area contributed by atoms with Gasteiger partial charge < -0.3 is 21.1 Å². The number of nitrogens with two attached hydrogens (primary N) is 1. The third kappa shape index (κ3) is 1.33. The lowest BCUT2D eigenvalue weighted by atomic mass is 10.1. The first kappa shape index (κ1) is 9.11. The summed E-state index contributed by atoms with van der Waals surface area (Å²) in [6.45, 7) is 0. The Morgan fingerprint density at radius 1 is 1.38 bits per heavy atom. The van der Waals surface area contributed by atoms with Gasteiger partial charge in [0.15, 0.2) is 17.3 Å². The number of carboxylic acid groups (broad SMARTS) is 1. The summed E-state index contributed by atoms with van der Waals surface area (Å²) in [6.07, 6.45) is 0. The molecule has 0 aliphatic heterocycles. The molecule has 0 saturated heterocycles. The van der Waals surface area contributed by atoms with Crippen LogP contribution in [0.25, 0.3) is 0 Å². The highest BCUT2D eigenvalue weighted by atomic mass is 19.1. The van der Waals surface area contributed by atoms with Crippen LogP contribution in [0.1, 0.15) is 10.4 Å². The third-order valence-electron chi connectivity index (χ3n) is 1.49. The van der Waals surface area contributed by atoms with Crippen LogP contribution in [0.2, 0.25) is 0 Å². The van der Waals surface area contributed by atoms with Gasteiger partial charge in [0.2, 0.25) is 0 Å². The van der Waals surface area contributed by atoms with Gasteiger partial charge in [-0.15, -0.1) is 0 Å². The van der Waals surface area contributed by atoms with E-state index in [0.29, 0.717) is 6.07 Å². The number of hydrogen-bond acceptors (Lipinski definition) is 4. The molecular formula is C7H6FNO4. The molecule has 0 saturated carbocycles. The SMILES string of the molecule is Nc1c(O)c(F)cc(C(=O)O)c1O. The summed E-state index contributed by atoms with van der Waals surface area (Å²) < 4.78 is 12.7. The molecule has 1 rings (SSSR count). The first-order valence-electron chi connectivity index (χ1n) is 3.18. The Hall–Kier alpha value is -1.98. The Bertz CT molecular complexity index is 377.